The first kappa shape index (κ1) is 15.9. The van der Waals surface area contributed by atoms with Crippen LogP contribution in [-0.2, 0) is 13.1 Å². The highest BCUT2D eigenvalue weighted by molar-refractivity contribution is 5.79. The normalized spacial score (nSPS) is 12.0. The summed E-state index contributed by atoms with van der Waals surface area (Å²) in [5, 5.41) is 0. The molecule has 3 rings (SSSR count). The first-order valence-corrected chi connectivity index (χ1v) is 7.72. The number of halogens is 1. The van der Waals surface area contributed by atoms with Crippen LogP contribution in [0.2, 0.25) is 0 Å². The summed E-state index contributed by atoms with van der Waals surface area (Å²) in [6.45, 7) is 4.14. The maximum Gasteiger partial charge on any atom is 0.332 e. The van der Waals surface area contributed by atoms with Gasteiger partial charge in [-0.3, -0.25) is 13.9 Å². The molecular formula is C17H17FN4O2. The zero-order chi connectivity index (χ0) is 17.3. The van der Waals surface area contributed by atoms with Crippen molar-refractivity contribution >= 4 is 23.1 Å². The Morgan fingerprint density at radius 3 is 2.46 bits per heavy atom. The van der Waals surface area contributed by atoms with E-state index in [9.17, 15) is 14.0 Å². The number of nitrogens with zero attached hydrogens (tertiary/aromatic N) is 3. The van der Waals surface area contributed by atoms with Crippen LogP contribution in [0.1, 0.15) is 25.2 Å². The number of H-pyrrole nitrogens is 1. The van der Waals surface area contributed by atoms with Gasteiger partial charge in [0.15, 0.2) is 5.65 Å². The van der Waals surface area contributed by atoms with E-state index in [4.69, 9.17) is 0 Å². The van der Waals surface area contributed by atoms with Gasteiger partial charge in [-0.1, -0.05) is 30.3 Å². The summed E-state index contributed by atoms with van der Waals surface area (Å²) in [6.07, 6.45) is 1.22. The van der Waals surface area contributed by atoms with Crippen LogP contribution < -0.4 is 11.2 Å². The highest BCUT2D eigenvalue weighted by Crippen LogP contribution is 2.18. The molecule has 24 heavy (non-hydrogen) atoms. The van der Waals surface area contributed by atoms with Crippen molar-refractivity contribution < 1.29 is 4.39 Å². The molecule has 0 unspecified atom stereocenters. The van der Waals surface area contributed by atoms with Crippen LogP contribution in [0.4, 0.5) is 4.39 Å². The summed E-state index contributed by atoms with van der Waals surface area (Å²) >= 11 is 0. The predicted molar refractivity (Wildman–Crippen MR) is 91.4 cm³/mol. The van der Waals surface area contributed by atoms with E-state index >= 15 is 0 Å². The smallest absolute Gasteiger partial charge is 0.332 e. The Hall–Kier alpha value is -2.96. The molecule has 0 saturated heterocycles. The predicted octanol–water partition coefficient (Wildman–Crippen LogP) is 2.39. The van der Waals surface area contributed by atoms with Gasteiger partial charge in [-0.25, -0.2) is 14.2 Å². The second kappa shape index (κ2) is 6.27. The fraction of sp³-hybridized carbons (Fsp3) is 0.235. The molecule has 0 spiro atoms. The Morgan fingerprint density at radius 1 is 1.17 bits per heavy atom. The van der Waals surface area contributed by atoms with Crippen LogP contribution in [0, 0.1) is 0 Å². The maximum absolute atomic E-state index is 14.3. The lowest BCUT2D eigenvalue weighted by Crippen LogP contribution is -2.39. The molecule has 124 valence electrons. The van der Waals surface area contributed by atoms with Gasteiger partial charge in [0.05, 0.1) is 0 Å². The summed E-state index contributed by atoms with van der Waals surface area (Å²) in [4.78, 5) is 31.7. The van der Waals surface area contributed by atoms with Crippen LogP contribution in [0.5, 0.6) is 0 Å². The molecule has 0 fully saturated rings. The van der Waals surface area contributed by atoms with Crippen molar-refractivity contribution in [2.24, 2.45) is 0 Å². The minimum Gasteiger partial charge on any atom is -0.332 e. The monoisotopic (exact) mass is 328 g/mol. The molecule has 2 heterocycles. The van der Waals surface area contributed by atoms with Crippen molar-refractivity contribution in [3.8, 4) is 0 Å². The Kier molecular flexibility index (Phi) is 4.16. The van der Waals surface area contributed by atoms with Gasteiger partial charge in [0.2, 0.25) is 0 Å². The first-order valence-electron chi connectivity index (χ1n) is 7.72. The molecule has 1 N–H and O–H groups in total. The van der Waals surface area contributed by atoms with Crippen molar-refractivity contribution in [3.63, 3.8) is 0 Å². The number of aryl methyl sites for hydroxylation is 1. The molecule has 0 amide bonds. The summed E-state index contributed by atoms with van der Waals surface area (Å²) in [7, 11) is 0. The summed E-state index contributed by atoms with van der Waals surface area (Å²) < 4.78 is 16.8. The number of rotatable bonds is 4. The first-order chi connectivity index (χ1) is 11.6. The molecule has 3 aromatic rings. The van der Waals surface area contributed by atoms with Gasteiger partial charge < -0.3 is 4.98 Å². The van der Waals surface area contributed by atoms with Crippen LogP contribution in [0.25, 0.3) is 23.1 Å². The molecule has 0 radical (unpaired) electrons. The zero-order valence-electron chi connectivity index (χ0n) is 13.4. The molecule has 0 aliphatic rings. The molecule has 0 bridgehead atoms. The average molecular weight is 328 g/mol. The summed E-state index contributed by atoms with van der Waals surface area (Å²) in [6, 6.07) is 8.54. The van der Waals surface area contributed by atoms with Crippen LogP contribution >= 0.6 is 0 Å². The van der Waals surface area contributed by atoms with E-state index in [-0.39, 0.29) is 23.5 Å². The quantitative estimate of drug-likeness (QED) is 0.799. The Labute approximate surface area is 136 Å². The van der Waals surface area contributed by atoms with Gasteiger partial charge in [0, 0.05) is 24.7 Å². The van der Waals surface area contributed by atoms with Gasteiger partial charge >= 0.3 is 5.69 Å². The SMILES string of the molecule is CCn1c(=O)c2[nH]c(/C=C(\F)c3ccccc3)nc2n(CC)c1=O. The lowest BCUT2D eigenvalue weighted by molar-refractivity contribution is 0.605. The number of hydrogen-bond acceptors (Lipinski definition) is 3. The van der Waals surface area contributed by atoms with Crippen LogP contribution in [-0.4, -0.2) is 19.1 Å². The molecule has 1 aromatic carbocycles. The number of nitrogens with one attached hydrogen (secondary N) is 1. The fourth-order valence-corrected chi connectivity index (χ4v) is 2.62. The number of fused-ring (bicyclic) bond motifs is 1. The van der Waals surface area contributed by atoms with E-state index < -0.39 is 17.1 Å². The third-order valence-electron chi connectivity index (χ3n) is 3.82. The van der Waals surface area contributed by atoms with Gasteiger partial charge in [-0.15, -0.1) is 0 Å². The third kappa shape index (κ3) is 2.58. The number of aromatic nitrogens is 4. The fourth-order valence-electron chi connectivity index (χ4n) is 2.62. The average Bonchev–Trinajstić information content (AvgIpc) is 3.00. The molecule has 7 heteroatoms. The van der Waals surface area contributed by atoms with Crippen molar-refractivity contribution in [2.45, 2.75) is 26.9 Å². The second-order valence-electron chi connectivity index (χ2n) is 5.26. The van der Waals surface area contributed by atoms with E-state index in [1.165, 1.54) is 10.6 Å². The van der Waals surface area contributed by atoms with E-state index in [0.29, 0.717) is 12.1 Å². The highest BCUT2D eigenvalue weighted by atomic mass is 19.1. The van der Waals surface area contributed by atoms with Gasteiger partial charge in [-0.2, -0.15) is 0 Å². The van der Waals surface area contributed by atoms with Crippen molar-refractivity contribution in [3.05, 3.63) is 62.6 Å². The summed E-state index contributed by atoms with van der Waals surface area (Å²) in [5.41, 5.74) is -0.0101. The molecule has 0 aliphatic heterocycles. The molecule has 6 nitrogen and oxygen atoms in total. The third-order valence-corrected chi connectivity index (χ3v) is 3.82. The molecule has 0 aliphatic carbocycles. The minimum absolute atomic E-state index is 0.193. The lowest BCUT2D eigenvalue weighted by Gasteiger charge is -2.06. The number of imidazole rings is 1. The van der Waals surface area contributed by atoms with E-state index in [1.807, 2.05) is 0 Å². The van der Waals surface area contributed by atoms with E-state index in [0.717, 1.165) is 4.57 Å². The topological polar surface area (TPSA) is 72.7 Å². The Balaban J connectivity index is 2.21. The number of hydrogen-bond donors (Lipinski definition) is 1. The minimum atomic E-state index is -0.476. The van der Waals surface area contributed by atoms with E-state index in [1.54, 1.807) is 44.2 Å². The van der Waals surface area contributed by atoms with Crippen LogP contribution in [0.3, 0.4) is 0 Å². The van der Waals surface area contributed by atoms with Gasteiger partial charge in [0.1, 0.15) is 17.2 Å². The lowest BCUT2D eigenvalue weighted by atomic mass is 10.2. The Morgan fingerprint density at radius 2 is 1.83 bits per heavy atom. The van der Waals surface area contributed by atoms with Gasteiger partial charge in [-0.05, 0) is 13.8 Å². The second-order valence-corrected chi connectivity index (χ2v) is 5.26. The molecule has 0 atom stereocenters. The maximum atomic E-state index is 14.3. The molecule has 0 saturated carbocycles. The number of benzene rings is 1. The Bertz CT molecular complexity index is 1030. The van der Waals surface area contributed by atoms with Gasteiger partial charge in [0.25, 0.3) is 5.56 Å². The van der Waals surface area contributed by atoms with Crippen LogP contribution in [0.15, 0.2) is 39.9 Å². The largest absolute Gasteiger partial charge is 0.332 e. The molecule has 2 aromatic heterocycles. The van der Waals surface area contributed by atoms with Crippen molar-refractivity contribution in [1.82, 2.24) is 19.1 Å². The van der Waals surface area contributed by atoms with E-state index in [2.05, 4.69) is 9.97 Å². The number of aromatic amines is 1. The summed E-state index contributed by atoms with van der Waals surface area (Å²) in [5.74, 6) is -0.283. The van der Waals surface area contributed by atoms with Crippen molar-refractivity contribution in [1.29, 1.82) is 0 Å². The van der Waals surface area contributed by atoms with Crippen molar-refractivity contribution in [2.75, 3.05) is 0 Å². The zero-order valence-corrected chi connectivity index (χ0v) is 13.4. The highest BCUT2D eigenvalue weighted by Gasteiger charge is 2.15. The molecular weight excluding hydrogens is 311 g/mol. The standard InChI is InChI=1S/C17H17FN4O2/c1-3-21-15-14(16(23)22(4-2)17(21)24)19-13(20-15)10-12(18)11-8-6-5-7-9-11/h5-10H,3-4H2,1-2H3,(H,19,20)/b12-10-.